The van der Waals surface area contributed by atoms with E-state index in [0.717, 1.165) is 0 Å². The summed E-state index contributed by atoms with van der Waals surface area (Å²) in [5.41, 5.74) is 0. The van der Waals surface area contributed by atoms with Crippen molar-refractivity contribution in [2.45, 2.75) is 32.2 Å². The van der Waals surface area contributed by atoms with Gasteiger partial charge < -0.3 is 20.2 Å². The summed E-state index contributed by atoms with van der Waals surface area (Å²) in [4.78, 5) is 38.2. The van der Waals surface area contributed by atoms with Crippen molar-refractivity contribution in [3.8, 4) is 0 Å². The second-order valence-electron chi connectivity index (χ2n) is 5.47. The Labute approximate surface area is 117 Å². The first-order valence-corrected chi connectivity index (χ1v) is 7.04. The Morgan fingerprint density at radius 1 is 1.30 bits per heavy atom. The molecule has 2 rings (SSSR count). The number of carbonyl (C=O) groups is 3. The van der Waals surface area contributed by atoms with Gasteiger partial charge in [-0.15, -0.1) is 0 Å². The molecule has 0 radical (unpaired) electrons. The predicted octanol–water partition coefficient (Wildman–Crippen LogP) is 0.113. The van der Waals surface area contributed by atoms with Gasteiger partial charge in [-0.3, -0.25) is 9.59 Å². The van der Waals surface area contributed by atoms with E-state index in [1.165, 1.54) is 0 Å². The lowest BCUT2D eigenvalue weighted by atomic mass is 9.92. The van der Waals surface area contributed by atoms with E-state index >= 15 is 0 Å². The minimum Gasteiger partial charge on any atom is -0.481 e. The SMILES string of the molecule is CC1CC(C(=O)O)CCN1C(=O)N1CCNC(=O)CC1. The fourth-order valence-corrected chi connectivity index (χ4v) is 2.82. The zero-order valence-corrected chi connectivity index (χ0v) is 11.7. The quantitative estimate of drug-likeness (QED) is 0.715. The van der Waals surface area contributed by atoms with Gasteiger partial charge in [-0.2, -0.15) is 0 Å². The molecule has 7 nitrogen and oxygen atoms in total. The van der Waals surface area contributed by atoms with Crippen LogP contribution in [0, 0.1) is 5.92 Å². The molecule has 0 saturated carbocycles. The number of likely N-dealkylation sites (tertiary alicyclic amines) is 1. The number of rotatable bonds is 1. The zero-order chi connectivity index (χ0) is 14.7. The molecular formula is C13H21N3O4. The Hall–Kier alpha value is -1.79. The van der Waals surface area contributed by atoms with Crippen molar-refractivity contribution >= 4 is 17.9 Å². The highest BCUT2D eigenvalue weighted by molar-refractivity contribution is 5.79. The van der Waals surface area contributed by atoms with Gasteiger partial charge in [0.2, 0.25) is 5.91 Å². The van der Waals surface area contributed by atoms with E-state index in [9.17, 15) is 14.4 Å². The maximum atomic E-state index is 12.5. The highest BCUT2D eigenvalue weighted by Crippen LogP contribution is 2.24. The summed E-state index contributed by atoms with van der Waals surface area (Å²) in [5, 5.41) is 11.8. The van der Waals surface area contributed by atoms with Crippen LogP contribution in [0.5, 0.6) is 0 Å². The van der Waals surface area contributed by atoms with Gasteiger partial charge in [-0.05, 0) is 19.8 Å². The van der Waals surface area contributed by atoms with Crippen molar-refractivity contribution < 1.29 is 19.5 Å². The number of nitrogens with zero attached hydrogens (tertiary/aromatic N) is 2. The number of carboxylic acids is 1. The summed E-state index contributed by atoms with van der Waals surface area (Å²) in [5.74, 6) is -1.17. The van der Waals surface area contributed by atoms with Crippen molar-refractivity contribution in [2.75, 3.05) is 26.2 Å². The van der Waals surface area contributed by atoms with Crippen molar-refractivity contribution in [1.82, 2.24) is 15.1 Å². The third-order valence-electron chi connectivity index (χ3n) is 4.05. The second kappa shape index (κ2) is 6.11. The molecule has 2 unspecified atom stereocenters. The molecule has 112 valence electrons. The fourth-order valence-electron chi connectivity index (χ4n) is 2.82. The number of amides is 3. The highest BCUT2D eigenvalue weighted by atomic mass is 16.4. The molecule has 0 aromatic carbocycles. The van der Waals surface area contributed by atoms with E-state index in [1.54, 1.807) is 9.80 Å². The van der Waals surface area contributed by atoms with Gasteiger partial charge in [0.1, 0.15) is 0 Å². The Balaban J connectivity index is 1.95. The normalized spacial score (nSPS) is 27.8. The largest absolute Gasteiger partial charge is 0.481 e. The molecule has 0 aromatic heterocycles. The molecule has 2 N–H and O–H groups in total. The Morgan fingerprint density at radius 2 is 2.05 bits per heavy atom. The molecule has 2 heterocycles. The van der Waals surface area contributed by atoms with Gasteiger partial charge in [0.15, 0.2) is 0 Å². The maximum absolute atomic E-state index is 12.5. The van der Waals surface area contributed by atoms with Crippen molar-refractivity contribution in [3.05, 3.63) is 0 Å². The van der Waals surface area contributed by atoms with Crippen LogP contribution in [0.4, 0.5) is 4.79 Å². The van der Waals surface area contributed by atoms with E-state index < -0.39 is 5.97 Å². The number of aliphatic carboxylic acids is 1. The number of urea groups is 1. The van der Waals surface area contributed by atoms with Crippen LogP contribution in [0.1, 0.15) is 26.2 Å². The maximum Gasteiger partial charge on any atom is 0.320 e. The van der Waals surface area contributed by atoms with Crippen LogP contribution in [-0.2, 0) is 9.59 Å². The van der Waals surface area contributed by atoms with Gasteiger partial charge >= 0.3 is 12.0 Å². The smallest absolute Gasteiger partial charge is 0.320 e. The monoisotopic (exact) mass is 283 g/mol. The minimum absolute atomic E-state index is 0.0297. The average Bonchev–Trinajstić information content (AvgIpc) is 2.62. The van der Waals surface area contributed by atoms with E-state index in [2.05, 4.69) is 5.32 Å². The number of carbonyl (C=O) groups excluding carboxylic acids is 2. The van der Waals surface area contributed by atoms with Gasteiger partial charge in [-0.25, -0.2) is 4.79 Å². The van der Waals surface area contributed by atoms with Crippen LogP contribution in [-0.4, -0.2) is 65.0 Å². The third-order valence-corrected chi connectivity index (χ3v) is 4.05. The Morgan fingerprint density at radius 3 is 2.70 bits per heavy atom. The van der Waals surface area contributed by atoms with Crippen LogP contribution >= 0.6 is 0 Å². The summed E-state index contributed by atoms with van der Waals surface area (Å²) in [7, 11) is 0. The first-order chi connectivity index (χ1) is 9.49. The van der Waals surface area contributed by atoms with E-state index in [-0.39, 0.29) is 23.9 Å². The molecule has 2 atom stereocenters. The van der Waals surface area contributed by atoms with Gasteiger partial charge in [0.05, 0.1) is 5.92 Å². The van der Waals surface area contributed by atoms with Crippen LogP contribution < -0.4 is 5.32 Å². The second-order valence-corrected chi connectivity index (χ2v) is 5.47. The molecule has 7 heteroatoms. The molecule has 2 aliphatic heterocycles. The summed E-state index contributed by atoms with van der Waals surface area (Å²) in [6.07, 6.45) is 1.31. The van der Waals surface area contributed by atoms with Crippen LogP contribution in [0.15, 0.2) is 0 Å². The first kappa shape index (κ1) is 14.6. The Bertz CT molecular complexity index is 412. The van der Waals surface area contributed by atoms with Crippen LogP contribution in [0.25, 0.3) is 0 Å². The molecule has 0 aromatic rings. The van der Waals surface area contributed by atoms with Crippen LogP contribution in [0.3, 0.4) is 0 Å². The standard InChI is InChI=1S/C13H21N3O4/c1-9-8-10(12(18)19)2-6-16(9)13(20)15-5-3-11(17)14-4-7-15/h9-10H,2-8H2,1H3,(H,14,17)(H,18,19). The van der Waals surface area contributed by atoms with Crippen molar-refractivity contribution in [2.24, 2.45) is 5.92 Å². The van der Waals surface area contributed by atoms with Gasteiger partial charge in [0.25, 0.3) is 0 Å². The lowest BCUT2D eigenvalue weighted by Crippen LogP contribution is -2.52. The molecule has 0 spiro atoms. The molecule has 2 fully saturated rings. The molecule has 0 aliphatic carbocycles. The summed E-state index contributed by atoms with van der Waals surface area (Å²) < 4.78 is 0. The zero-order valence-electron chi connectivity index (χ0n) is 11.7. The number of hydrogen-bond donors (Lipinski definition) is 2. The lowest BCUT2D eigenvalue weighted by molar-refractivity contribution is -0.143. The number of nitrogens with one attached hydrogen (secondary N) is 1. The van der Waals surface area contributed by atoms with E-state index in [1.807, 2.05) is 6.92 Å². The lowest BCUT2D eigenvalue weighted by Gasteiger charge is -2.39. The average molecular weight is 283 g/mol. The van der Waals surface area contributed by atoms with E-state index in [0.29, 0.717) is 45.4 Å². The van der Waals surface area contributed by atoms with Crippen molar-refractivity contribution in [3.63, 3.8) is 0 Å². The minimum atomic E-state index is -0.784. The van der Waals surface area contributed by atoms with Crippen molar-refractivity contribution in [1.29, 1.82) is 0 Å². The number of piperidine rings is 1. The highest BCUT2D eigenvalue weighted by Gasteiger charge is 2.34. The summed E-state index contributed by atoms with van der Waals surface area (Å²) in [6.45, 7) is 3.76. The number of hydrogen-bond acceptors (Lipinski definition) is 3. The van der Waals surface area contributed by atoms with Gasteiger partial charge in [0, 0.05) is 38.6 Å². The molecule has 2 aliphatic rings. The number of carboxylic acid groups (broad SMARTS) is 1. The third kappa shape index (κ3) is 3.20. The predicted molar refractivity (Wildman–Crippen MR) is 71.1 cm³/mol. The molecular weight excluding hydrogens is 262 g/mol. The summed E-state index contributed by atoms with van der Waals surface area (Å²) >= 11 is 0. The van der Waals surface area contributed by atoms with E-state index in [4.69, 9.17) is 5.11 Å². The topological polar surface area (TPSA) is 89.9 Å². The first-order valence-electron chi connectivity index (χ1n) is 7.04. The fraction of sp³-hybridized carbons (Fsp3) is 0.769. The molecule has 20 heavy (non-hydrogen) atoms. The molecule has 2 saturated heterocycles. The van der Waals surface area contributed by atoms with Gasteiger partial charge in [-0.1, -0.05) is 0 Å². The summed E-state index contributed by atoms with van der Waals surface area (Å²) in [6, 6.07) is -0.165. The molecule has 3 amide bonds. The van der Waals surface area contributed by atoms with Crippen LogP contribution in [0.2, 0.25) is 0 Å². The molecule has 0 bridgehead atoms. The Kier molecular flexibility index (Phi) is 4.46.